The largest absolute Gasteiger partial charge is 0.525 e. The molecule has 0 bridgehead atoms. The van der Waals surface area contributed by atoms with Crippen LogP contribution in [0.15, 0.2) is 11.3 Å². The molecule has 0 aromatic carbocycles. The number of rotatable bonds is 3. The molecule has 0 rings (SSSR count). The number of nitrogens with zero attached hydrogens (tertiary/aromatic N) is 1. The summed E-state index contributed by atoms with van der Waals surface area (Å²) >= 11 is 5.13. The lowest BCUT2D eigenvalue weighted by Crippen LogP contribution is -2.24. The minimum absolute atomic E-state index is 0.597. The Morgan fingerprint density at radius 2 is 2.00 bits per heavy atom. The van der Waals surface area contributed by atoms with E-state index in [0.29, 0.717) is 5.54 Å². The molecule has 0 aliphatic rings. The molecular formula is C5H9ClNO5P. The fourth-order valence-electron chi connectivity index (χ4n) is 0.454. The standard InChI is InChI=1S/C5H9ClNO5P/c1-7(2)5(8)4(3-6)12-13(9,10)11/h3H,1-2H3,(H2,9,10,11). The van der Waals surface area contributed by atoms with Crippen LogP contribution in [0, 0.1) is 0 Å². The molecule has 0 saturated heterocycles. The summed E-state index contributed by atoms with van der Waals surface area (Å²) in [5, 5.41) is 0. The Bertz CT molecular complexity index is 270. The maximum absolute atomic E-state index is 11.1. The topological polar surface area (TPSA) is 87.1 Å². The molecule has 0 aliphatic heterocycles. The highest BCUT2D eigenvalue weighted by Crippen LogP contribution is 2.39. The van der Waals surface area contributed by atoms with Crippen LogP contribution < -0.4 is 0 Å². The van der Waals surface area contributed by atoms with Crippen LogP contribution in [0.5, 0.6) is 0 Å². The van der Waals surface area contributed by atoms with Crippen molar-refractivity contribution in [1.82, 2.24) is 4.90 Å². The van der Waals surface area contributed by atoms with Gasteiger partial charge in [0.1, 0.15) is 0 Å². The van der Waals surface area contributed by atoms with Gasteiger partial charge in [-0.1, -0.05) is 11.6 Å². The van der Waals surface area contributed by atoms with Gasteiger partial charge in [0.15, 0.2) is 0 Å². The molecule has 0 aliphatic carbocycles. The maximum atomic E-state index is 11.1. The lowest BCUT2D eigenvalue weighted by Gasteiger charge is -2.13. The van der Waals surface area contributed by atoms with E-state index in [4.69, 9.17) is 21.4 Å². The zero-order chi connectivity index (χ0) is 10.6. The zero-order valence-electron chi connectivity index (χ0n) is 6.97. The van der Waals surface area contributed by atoms with E-state index in [9.17, 15) is 9.36 Å². The predicted octanol–water partition coefficient (Wildman–Crippen LogP) is 0.264. The van der Waals surface area contributed by atoms with Gasteiger partial charge in [0.2, 0.25) is 5.76 Å². The monoisotopic (exact) mass is 229 g/mol. The molecular weight excluding hydrogens is 220 g/mol. The first kappa shape index (κ1) is 12.4. The minimum Gasteiger partial charge on any atom is -0.397 e. The zero-order valence-corrected chi connectivity index (χ0v) is 8.62. The van der Waals surface area contributed by atoms with Gasteiger partial charge >= 0.3 is 7.82 Å². The number of amides is 1. The molecule has 0 aromatic rings. The Morgan fingerprint density at radius 3 is 2.23 bits per heavy atom. The first-order chi connectivity index (χ1) is 5.78. The molecule has 13 heavy (non-hydrogen) atoms. The molecule has 0 radical (unpaired) electrons. The first-order valence-corrected chi connectivity index (χ1v) is 5.02. The quantitative estimate of drug-likeness (QED) is 0.412. The Labute approximate surface area is 80.0 Å². The van der Waals surface area contributed by atoms with E-state index < -0.39 is 19.5 Å². The van der Waals surface area contributed by atoms with Gasteiger partial charge in [-0.2, -0.15) is 0 Å². The van der Waals surface area contributed by atoms with Crippen molar-refractivity contribution in [1.29, 1.82) is 0 Å². The lowest BCUT2D eigenvalue weighted by molar-refractivity contribution is -0.127. The highest BCUT2D eigenvalue weighted by Gasteiger charge is 2.23. The third-order valence-corrected chi connectivity index (χ3v) is 1.57. The van der Waals surface area contributed by atoms with Gasteiger partial charge in [-0.25, -0.2) is 4.57 Å². The van der Waals surface area contributed by atoms with Crippen molar-refractivity contribution >= 4 is 25.3 Å². The summed E-state index contributed by atoms with van der Waals surface area (Å²) in [7, 11) is -1.94. The molecule has 0 fully saturated rings. The van der Waals surface area contributed by atoms with Crippen LogP contribution in [0.2, 0.25) is 0 Å². The average Bonchev–Trinajstić information content (AvgIpc) is 1.97. The molecule has 0 heterocycles. The van der Waals surface area contributed by atoms with Crippen LogP contribution >= 0.6 is 19.4 Å². The second-order valence-electron chi connectivity index (χ2n) is 2.25. The Balaban J connectivity index is 4.58. The normalized spacial score (nSPS) is 12.5. The molecule has 0 atom stereocenters. The van der Waals surface area contributed by atoms with Crippen molar-refractivity contribution in [3.05, 3.63) is 11.3 Å². The molecule has 0 aromatic heterocycles. The van der Waals surface area contributed by atoms with Gasteiger partial charge < -0.3 is 9.42 Å². The van der Waals surface area contributed by atoms with E-state index in [1.807, 2.05) is 0 Å². The third-order valence-electron chi connectivity index (χ3n) is 0.933. The number of hydrogen-bond acceptors (Lipinski definition) is 3. The van der Waals surface area contributed by atoms with Gasteiger partial charge in [-0.05, 0) is 0 Å². The summed E-state index contributed by atoms with van der Waals surface area (Å²) in [6.07, 6.45) is 0. The Kier molecular flexibility index (Phi) is 4.43. The van der Waals surface area contributed by atoms with Crippen molar-refractivity contribution in [2.45, 2.75) is 0 Å². The van der Waals surface area contributed by atoms with E-state index in [2.05, 4.69) is 4.52 Å². The summed E-state index contributed by atoms with van der Waals surface area (Å²) in [4.78, 5) is 28.9. The van der Waals surface area contributed by atoms with Crippen LogP contribution in [0.3, 0.4) is 0 Å². The van der Waals surface area contributed by atoms with Gasteiger partial charge in [-0.15, -0.1) is 0 Å². The molecule has 0 saturated carbocycles. The molecule has 0 unspecified atom stereocenters. The van der Waals surface area contributed by atoms with E-state index in [1.165, 1.54) is 14.1 Å². The van der Waals surface area contributed by atoms with Gasteiger partial charge in [0, 0.05) is 14.1 Å². The number of hydrogen-bond donors (Lipinski definition) is 2. The van der Waals surface area contributed by atoms with Crippen molar-refractivity contribution < 1.29 is 23.7 Å². The first-order valence-electron chi connectivity index (χ1n) is 3.05. The van der Waals surface area contributed by atoms with E-state index >= 15 is 0 Å². The summed E-state index contributed by atoms with van der Waals surface area (Å²) in [5.74, 6) is -1.32. The summed E-state index contributed by atoms with van der Waals surface area (Å²) in [5.41, 5.74) is 0.668. The minimum atomic E-state index is -4.73. The van der Waals surface area contributed by atoms with E-state index in [-0.39, 0.29) is 0 Å². The van der Waals surface area contributed by atoms with Crippen molar-refractivity contribution in [3.63, 3.8) is 0 Å². The van der Waals surface area contributed by atoms with Crippen LogP contribution in [-0.4, -0.2) is 34.7 Å². The summed E-state index contributed by atoms with van der Waals surface area (Å²) < 4.78 is 14.3. The van der Waals surface area contributed by atoms with Crippen molar-refractivity contribution in [2.75, 3.05) is 14.1 Å². The number of halogens is 1. The van der Waals surface area contributed by atoms with Crippen molar-refractivity contribution in [3.8, 4) is 0 Å². The highest BCUT2D eigenvalue weighted by molar-refractivity contribution is 7.46. The highest BCUT2D eigenvalue weighted by atomic mass is 35.5. The van der Waals surface area contributed by atoms with Crippen molar-refractivity contribution in [2.24, 2.45) is 0 Å². The number of carbonyl (C=O) groups excluding carboxylic acids is 1. The SMILES string of the molecule is CN(C)C(=O)C(=CCl)OP(=O)(O)O. The molecule has 2 N–H and O–H groups in total. The van der Waals surface area contributed by atoms with Crippen LogP contribution in [0.4, 0.5) is 0 Å². The fraction of sp³-hybridized carbons (Fsp3) is 0.400. The van der Waals surface area contributed by atoms with E-state index in [1.54, 1.807) is 0 Å². The van der Waals surface area contributed by atoms with Gasteiger partial charge in [0.25, 0.3) is 5.91 Å². The Hall–Kier alpha value is -0.550. The smallest absolute Gasteiger partial charge is 0.397 e. The average molecular weight is 230 g/mol. The predicted molar refractivity (Wildman–Crippen MR) is 45.8 cm³/mol. The molecule has 8 heteroatoms. The number of phosphoric acid groups is 1. The number of likely N-dealkylation sites (N-methyl/N-ethyl adjacent to an activating group) is 1. The molecule has 76 valence electrons. The molecule has 6 nitrogen and oxygen atoms in total. The summed E-state index contributed by atoms with van der Waals surface area (Å²) in [6.45, 7) is 0. The third kappa shape index (κ3) is 4.90. The maximum Gasteiger partial charge on any atom is 0.525 e. The Morgan fingerprint density at radius 1 is 1.54 bits per heavy atom. The fourth-order valence-corrected chi connectivity index (χ4v) is 1.04. The molecule has 1 amide bonds. The van der Waals surface area contributed by atoms with Gasteiger partial charge in [0.05, 0.1) is 5.54 Å². The van der Waals surface area contributed by atoms with Gasteiger partial charge in [-0.3, -0.25) is 14.6 Å². The van der Waals surface area contributed by atoms with Crippen LogP contribution in [-0.2, 0) is 13.9 Å². The second kappa shape index (κ2) is 4.62. The number of carbonyl (C=O) groups is 1. The van der Waals surface area contributed by atoms with Crippen LogP contribution in [0.1, 0.15) is 0 Å². The van der Waals surface area contributed by atoms with Crippen LogP contribution in [0.25, 0.3) is 0 Å². The summed E-state index contributed by atoms with van der Waals surface area (Å²) in [6, 6.07) is 0. The second-order valence-corrected chi connectivity index (χ2v) is 3.64. The number of phosphoric ester groups is 1. The molecule has 0 spiro atoms. The lowest BCUT2D eigenvalue weighted by atomic mass is 10.5. The van der Waals surface area contributed by atoms with E-state index in [0.717, 1.165) is 4.90 Å².